The molecule has 0 amide bonds. The zero-order valence-corrected chi connectivity index (χ0v) is 9.02. The average molecular weight is 239 g/mol. The van der Waals surface area contributed by atoms with E-state index in [0.717, 1.165) is 0 Å². The van der Waals surface area contributed by atoms with Crippen molar-refractivity contribution in [2.45, 2.75) is 6.92 Å². The number of rotatable bonds is 0. The van der Waals surface area contributed by atoms with Crippen LogP contribution >= 0.6 is 11.6 Å². The van der Waals surface area contributed by atoms with Crippen molar-refractivity contribution in [3.63, 3.8) is 0 Å². The molecule has 82 valence electrons. The molecule has 1 aromatic heterocycles. The third-order valence-electron chi connectivity index (χ3n) is 2.26. The summed E-state index contributed by atoms with van der Waals surface area (Å²) < 4.78 is 0.427. The Bertz CT molecular complexity index is 648. The van der Waals surface area contributed by atoms with Gasteiger partial charge in [0.15, 0.2) is 0 Å². The van der Waals surface area contributed by atoms with Gasteiger partial charge in [0.1, 0.15) is 0 Å². The van der Waals surface area contributed by atoms with Crippen LogP contribution < -0.4 is 5.56 Å². The van der Waals surface area contributed by atoms with E-state index in [9.17, 15) is 9.59 Å². The first kappa shape index (κ1) is 10.6. The Hall–Kier alpha value is -1.88. The Morgan fingerprint density at radius 3 is 2.81 bits per heavy atom. The van der Waals surface area contributed by atoms with Gasteiger partial charge in [-0.1, -0.05) is 12.1 Å². The number of benzene rings is 1. The summed E-state index contributed by atoms with van der Waals surface area (Å²) in [4.78, 5) is 26.6. The summed E-state index contributed by atoms with van der Waals surface area (Å²) in [7, 11) is 0. The zero-order chi connectivity index (χ0) is 11.9. The smallest absolute Gasteiger partial charge is 0.421 e. The Balaban J connectivity index is 3.03. The van der Waals surface area contributed by atoms with E-state index in [1.807, 2.05) is 0 Å². The minimum Gasteiger partial charge on any atom is -0.464 e. The number of nitrogens with zero attached hydrogens (tertiary/aromatic N) is 2. The quantitative estimate of drug-likeness (QED) is 0.712. The molecular weight excluding hydrogens is 232 g/mol. The molecule has 0 saturated heterocycles. The van der Waals surface area contributed by atoms with E-state index in [0.29, 0.717) is 15.6 Å². The SMILES string of the molecule is Cc1cccc2nc(Cl)n(C(=O)O)c(=O)c12. The minimum absolute atomic E-state index is 0.273. The second-order valence-corrected chi connectivity index (χ2v) is 3.61. The molecule has 2 aromatic rings. The third-order valence-corrected chi connectivity index (χ3v) is 2.51. The molecule has 0 radical (unpaired) electrons. The van der Waals surface area contributed by atoms with E-state index in [1.54, 1.807) is 25.1 Å². The monoisotopic (exact) mass is 238 g/mol. The van der Waals surface area contributed by atoms with Gasteiger partial charge in [0.2, 0.25) is 5.28 Å². The number of hydrogen-bond donors (Lipinski definition) is 1. The fourth-order valence-electron chi connectivity index (χ4n) is 1.53. The molecule has 5 nitrogen and oxygen atoms in total. The van der Waals surface area contributed by atoms with E-state index in [1.165, 1.54) is 0 Å². The number of carbonyl (C=O) groups is 1. The molecule has 1 heterocycles. The fourth-order valence-corrected chi connectivity index (χ4v) is 1.77. The average Bonchev–Trinajstić information content (AvgIpc) is 2.15. The predicted octanol–water partition coefficient (Wildman–Crippen LogP) is 1.88. The lowest BCUT2D eigenvalue weighted by Crippen LogP contribution is -2.27. The number of aryl methyl sites for hydroxylation is 1. The lowest BCUT2D eigenvalue weighted by Gasteiger charge is -2.05. The summed E-state index contributed by atoms with van der Waals surface area (Å²) in [6, 6.07) is 5.05. The molecule has 0 spiro atoms. The lowest BCUT2D eigenvalue weighted by molar-refractivity contribution is 0.195. The molecule has 1 aromatic carbocycles. The standard InChI is InChI=1S/C10H7ClN2O3/c1-5-3-2-4-6-7(5)8(14)13(10(15)16)9(11)12-6/h2-4H,1H3,(H,15,16). The van der Waals surface area contributed by atoms with Crippen LogP contribution in [0.4, 0.5) is 4.79 Å². The second kappa shape index (κ2) is 3.61. The van der Waals surface area contributed by atoms with Crippen LogP contribution in [0.2, 0.25) is 5.28 Å². The van der Waals surface area contributed by atoms with Crippen molar-refractivity contribution in [2.75, 3.05) is 0 Å². The zero-order valence-electron chi connectivity index (χ0n) is 8.27. The van der Waals surface area contributed by atoms with Gasteiger partial charge in [-0.15, -0.1) is 0 Å². The summed E-state index contributed by atoms with van der Waals surface area (Å²) in [6.45, 7) is 1.71. The number of fused-ring (bicyclic) bond motifs is 1. The van der Waals surface area contributed by atoms with Crippen molar-refractivity contribution in [3.8, 4) is 0 Å². The number of hydrogen-bond acceptors (Lipinski definition) is 3. The van der Waals surface area contributed by atoms with E-state index in [-0.39, 0.29) is 10.7 Å². The first-order chi connectivity index (χ1) is 7.52. The van der Waals surface area contributed by atoms with E-state index in [2.05, 4.69) is 4.98 Å². The van der Waals surface area contributed by atoms with Gasteiger partial charge >= 0.3 is 6.09 Å². The Morgan fingerprint density at radius 1 is 1.50 bits per heavy atom. The highest BCUT2D eigenvalue weighted by molar-refractivity contribution is 6.29. The van der Waals surface area contributed by atoms with Crippen LogP contribution in [-0.2, 0) is 0 Å². The van der Waals surface area contributed by atoms with Crippen LogP contribution in [0, 0.1) is 6.92 Å². The summed E-state index contributed by atoms with van der Waals surface area (Å²) in [5.41, 5.74) is 0.398. The van der Waals surface area contributed by atoms with Crippen molar-refractivity contribution in [1.82, 2.24) is 9.55 Å². The number of halogens is 1. The molecule has 2 rings (SSSR count). The topological polar surface area (TPSA) is 72.2 Å². The Morgan fingerprint density at radius 2 is 2.19 bits per heavy atom. The maximum absolute atomic E-state index is 11.9. The Labute approximate surface area is 94.9 Å². The van der Waals surface area contributed by atoms with Gasteiger partial charge in [0.25, 0.3) is 5.56 Å². The highest BCUT2D eigenvalue weighted by Crippen LogP contribution is 2.14. The molecule has 1 N–H and O–H groups in total. The maximum Gasteiger partial charge on any atom is 0.421 e. The van der Waals surface area contributed by atoms with Crippen LogP contribution in [0.15, 0.2) is 23.0 Å². The molecule has 6 heteroatoms. The maximum atomic E-state index is 11.9. The Kier molecular flexibility index (Phi) is 2.40. The molecule has 0 bridgehead atoms. The molecule has 0 saturated carbocycles. The predicted molar refractivity (Wildman–Crippen MR) is 59.2 cm³/mol. The summed E-state index contributed by atoms with van der Waals surface area (Å²) in [6.07, 6.45) is -1.44. The molecule has 16 heavy (non-hydrogen) atoms. The molecular formula is C10H7ClN2O3. The molecule has 0 fully saturated rings. The van der Waals surface area contributed by atoms with Crippen molar-refractivity contribution < 1.29 is 9.90 Å². The summed E-state index contributed by atoms with van der Waals surface area (Å²) >= 11 is 5.63. The van der Waals surface area contributed by atoms with E-state index < -0.39 is 11.7 Å². The normalized spacial score (nSPS) is 10.6. The van der Waals surface area contributed by atoms with Crippen molar-refractivity contribution >= 4 is 28.6 Å². The molecule has 0 aliphatic heterocycles. The summed E-state index contributed by atoms with van der Waals surface area (Å²) in [5, 5.41) is 8.76. The van der Waals surface area contributed by atoms with Gasteiger partial charge in [-0.25, -0.2) is 9.78 Å². The third kappa shape index (κ3) is 1.45. The van der Waals surface area contributed by atoms with Gasteiger partial charge in [0.05, 0.1) is 10.9 Å². The van der Waals surface area contributed by atoms with Gasteiger partial charge in [-0.05, 0) is 30.2 Å². The van der Waals surface area contributed by atoms with Gasteiger partial charge in [0, 0.05) is 0 Å². The second-order valence-electron chi connectivity index (χ2n) is 3.27. The lowest BCUT2D eigenvalue weighted by atomic mass is 10.1. The highest BCUT2D eigenvalue weighted by Gasteiger charge is 2.15. The van der Waals surface area contributed by atoms with Crippen molar-refractivity contribution in [3.05, 3.63) is 39.4 Å². The van der Waals surface area contributed by atoms with Gasteiger partial charge < -0.3 is 5.11 Å². The van der Waals surface area contributed by atoms with Crippen LogP contribution in [0.5, 0.6) is 0 Å². The molecule has 0 aliphatic rings. The highest BCUT2D eigenvalue weighted by atomic mass is 35.5. The van der Waals surface area contributed by atoms with Crippen LogP contribution in [0.3, 0.4) is 0 Å². The molecule has 0 unspecified atom stereocenters. The van der Waals surface area contributed by atoms with E-state index >= 15 is 0 Å². The van der Waals surface area contributed by atoms with Crippen LogP contribution in [0.25, 0.3) is 10.9 Å². The van der Waals surface area contributed by atoms with Gasteiger partial charge in [-0.2, -0.15) is 4.57 Å². The first-order valence-corrected chi connectivity index (χ1v) is 4.81. The largest absolute Gasteiger partial charge is 0.464 e. The van der Waals surface area contributed by atoms with Crippen molar-refractivity contribution in [1.29, 1.82) is 0 Å². The molecule has 0 aliphatic carbocycles. The van der Waals surface area contributed by atoms with Crippen LogP contribution in [0.1, 0.15) is 5.56 Å². The summed E-state index contributed by atoms with van der Waals surface area (Å²) in [5.74, 6) is 0. The van der Waals surface area contributed by atoms with E-state index in [4.69, 9.17) is 16.7 Å². The van der Waals surface area contributed by atoms with Crippen LogP contribution in [-0.4, -0.2) is 20.8 Å². The minimum atomic E-state index is -1.44. The van der Waals surface area contributed by atoms with Gasteiger partial charge in [-0.3, -0.25) is 4.79 Å². The number of aromatic nitrogens is 2. The number of carboxylic acid groups (broad SMARTS) is 1. The first-order valence-electron chi connectivity index (χ1n) is 4.43. The van der Waals surface area contributed by atoms with Crippen molar-refractivity contribution in [2.24, 2.45) is 0 Å². The molecule has 0 atom stereocenters. The fraction of sp³-hybridized carbons (Fsp3) is 0.100.